The molecule has 1 atom stereocenters. The van der Waals surface area contributed by atoms with Crippen molar-refractivity contribution in [2.45, 2.75) is 25.5 Å². The average molecular weight is 302 g/mol. The van der Waals surface area contributed by atoms with Crippen LogP contribution in [0.5, 0.6) is 0 Å². The van der Waals surface area contributed by atoms with Crippen LogP contribution in [-0.4, -0.2) is 31.2 Å². The Kier molecular flexibility index (Phi) is 4.54. The van der Waals surface area contributed by atoms with Crippen LogP contribution in [-0.2, 0) is 11.3 Å². The summed E-state index contributed by atoms with van der Waals surface area (Å²) >= 11 is 3.32. The van der Waals surface area contributed by atoms with Gasteiger partial charge in [0.1, 0.15) is 5.82 Å². The normalized spacial score (nSPS) is 21.7. The van der Waals surface area contributed by atoms with Crippen LogP contribution < -0.4 is 0 Å². The Morgan fingerprint density at radius 3 is 3.00 bits per heavy atom. The van der Waals surface area contributed by atoms with Gasteiger partial charge in [-0.2, -0.15) is 0 Å². The molecule has 2 nitrogen and oxygen atoms in total. The highest BCUT2D eigenvalue weighted by molar-refractivity contribution is 9.10. The molecule has 1 aliphatic heterocycles. The number of hydrogen-bond donors (Lipinski definition) is 0. The molecule has 1 aromatic carbocycles. The number of rotatable bonds is 3. The molecule has 2 rings (SSSR count). The lowest BCUT2D eigenvalue weighted by molar-refractivity contribution is 0.0285. The van der Waals surface area contributed by atoms with Gasteiger partial charge in [0, 0.05) is 24.7 Å². The molecule has 1 heterocycles. The molecular weight excluding hydrogens is 285 g/mol. The first kappa shape index (κ1) is 13.0. The number of piperidine rings is 1. The number of likely N-dealkylation sites (tertiary alicyclic amines) is 1. The summed E-state index contributed by atoms with van der Waals surface area (Å²) in [5, 5.41) is 0. The molecule has 1 aliphatic rings. The second kappa shape index (κ2) is 5.94. The molecule has 0 N–H and O–H groups in total. The molecule has 0 radical (unpaired) electrons. The van der Waals surface area contributed by atoms with E-state index in [2.05, 4.69) is 20.8 Å². The highest BCUT2D eigenvalue weighted by Crippen LogP contribution is 2.19. The first-order valence-electron chi connectivity index (χ1n) is 5.87. The van der Waals surface area contributed by atoms with Gasteiger partial charge < -0.3 is 4.74 Å². The molecule has 1 aromatic rings. The quantitative estimate of drug-likeness (QED) is 0.850. The smallest absolute Gasteiger partial charge is 0.124 e. The number of benzene rings is 1. The van der Waals surface area contributed by atoms with Crippen molar-refractivity contribution in [1.29, 1.82) is 0 Å². The summed E-state index contributed by atoms with van der Waals surface area (Å²) in [6.45, 7) is 2.79. The highest BCUT2D eigenvalue weighted by atomic mass is 79.9. The van der Waals surface area contributed by atoms with Crippen molar-refractivity contribution in [2.24, 2.45) is 0 Å². The molecule has 1 fully saturated rings. The summed E-state index contributed by atoms with van der Waals surface area (Å²) in [5.41, 5.74) is 1.01. The molecule has 0 spiro atoms. The van der Waals surface area contributed by atoms with Crippen molar-refractivity contribution in [3.05, 3.63) is 34.1 Å². The van der Waals surface area contributed by atoms with Gasteiger partial charge >= 0.3 is 0 Å². The Hall–Kier alpha value is -0.450. The maximum Gasteiger partial charge on any atom is 0.124 e. The van der Waals surface area contributed by atoms with Crippen molar-refractivity contribution >= 4 is 15.9 Å². The van der Waals surface area contributed by atoms with Crippen molar-refractivity contribution in [2.75, 3.05) is 20.2 Å². The zero-order valence-corrected chi connectivity index (χ0v) is 11.5. The Labute approximate surface area is 110 Å². The number of methoxy groups -OCH3 is 1. The van der Waals surface area contributed by atoms with Crippen molar-refractivity contribution in [3.8, 4) is 0 Å². The van der Waals surface area contributed by atoms with Gasteiger partial charge in [0.25, 0.3) is 0 Å². The first-order chi connectivity index (χ1) is 8.17. The van der Waals surface area contributed by atoms with E-state index in [-0.39, 0.29) is 5.82 Å². The van der Waals surface area contributed by atoms with E-state index in [9.17, 15) is 4.39 Å². The van der Waals surface area contributed by atoms with Gasteiger partial charge in [0.15, 0.2) is 0 Å². The molecule has 94 valence electrons. The molecule has 0 aliphatic carbocycles. The minimum atomic E-state index is -0.185. The molecule has 0 amide bonds. The fourth-order valence-electron chi connectivity index (χ4n) is 2.31. The van der Waals surface area contributed by atoms with Gasteiger partial charge in [-0.1, -0.05) is 15.9 Å². The van der Waals surface area contributed by atoms with E-state index < -0.39 is 0 Å². The van der Waals surface area contributed by atoms with Gasteiger partial charge in [-0.05, 0) is 43.1 Å². The van der Waals surface area contributed by atoms with E-state index in [0.29, 0.717) is 6.10 Å². The molecule has 0 saturated carbocycles. The number of ether oxygens (including phenoxy) is 1. The van der Waals surface area contributed by atoms with Crippen LogP contribution in [0.3, 0.4) is 0 Å². The first-order valence-corrected chi connectivity index (χ1v) is 6.67. The lowest BCUT2D eigenvalue weighted by atomic mass is 10.1. The van der Waals surface area contributed by atoms with Crippen LogP contribution in [0.2, 0.25) is 0 Å². The SMILES string of the molecule is COC1CCCN(Cc2cc(F)cc(Br)c2)C1. The summed E-state index contributed by atoms with van der Waals surface area (Å²) in [7, 11) is 1.76. The lowest BCUT2D eigenvalue weighted by Gasteiger charge is -2.31. The van der Waals surface area contributed by atoms with E-state index in [1.165, 1.54) is 6.07 Å². The number of halogens is 2. The van der Waals surface area contributed by atoms with Crippen molar-refractivity contribution in [1.82, 2.24) is 4.90 Å². The van der Waals surface area contributed by atoms with Gasteiger partial charge in [-0.15, -0.1) is 0 Å². The minimum Gasteiger partial charge on any atom is -0.380 e. The fourth-order valence-corrected chi connectivity index (χ4v) is 2.82. The molecule has 4 heteroatoms. The van der Waals surface area contributed by atoms with Gasteiger partial charge in [-0.3, -0.25) is 4.90 Å². The topological polar surface area (TPSA) is 12.5 Å². The van der Waals surface area contributed by atoms with Crippen LogP contribution in [0.15, 0.2) is 22.7 Å². The van der Waals surface area contributed by atoms with E-state index in [0.717, 1.165) is 42.5 Å². The monoisotopic (exact) mass is 301 g/mol. The molecule has 0 bridgehead atoms. The summed E-state index contributed by atoms with van der Waals surface area (Å²) in [4.78, 5) is 2.32. The Morgan fingerprint density at radius 2 is 2.29 bits per heavy atom. The Bertz CT molecular complexity index is 365. The minimum absolute atomic E-state index is 0.185. The van der Waals surface area contributed by atoms with Crippen LogP contribution in [0.4, 0.5) is 4.39 Å². The van der Waals surface area contributed by atoms with E-state index in [4.69, 9.17) is 4.74 Å². The van der Waals surface area contributed by atoms with Gasteiger partial charge in [0.05, 0.1) is 6.10 Å². The molecule has 1 unspecified atom stereocenters. The average Bonchev–Trinajstić information content (AvgIpc) is 2.28. The molecule has 17 heavy (non-hydrogen) atoms. The Balaban J connectivity index is 2.00. The van der Waals surface area contributed by atoms with Gasteiger partial charge in [0.2, 0.25) is 0 Å². The maximum atomic E-state index is 13.3. The van der Waals surface area contributed by atoms with E-state index in [1.54, 1.807) is 13.2 Å². The summed E-state index contributed by atoms with van der Waals surface area (Å²) < 4.78 is 19.4. The summed E-state index contributed by atoms with van der Waals surface area (Å²) in [5.74, 6) is -0.185. The number of nitrogens with zero attached hydrogens (tertiary/aromatic N) is 1. The molecule has 0 aromatic heterocycles. The van der Waals surface area contributed by atoms with Crippen LogP contribution >= 0.6 is 15.9 Å². The summed E-state index contributed by atoms with van der Waals surface area (Å²) in [6, 6.07) is 5.05. The molecule has 1 saturated heterocycles. The third-order valence-electron chi connectivity index (χ3n) is 3.12. The highest BCUT2D eigenvalue weighted by Gasteiger charge is 2.19. The zero-order valence-electron chi connectivity index (χ0n) is 9.96. The third kappa shape index (κ3) is 3.76. The predicted octanol–water partition coefficient (Wildman–Crippen LogP) is 3.20. The fraction of sp³-hybridized carbons (Fsp3) is 0.538. The van der Waals surface area contributed by atoms with Crippen molar-refractivity contribution in [3.63, 3.8) is 0 Å². The lowest BCUT2D eigenvalue weighted by Crippen LogP contribution is -2.38. The van der Waals surface area contributed by atoms with Gasteiger partial charge in [-0.25, -0.2) is 4.39 Å². The number of hydrogen-bond acceptors (Lipinski definition) is 2. The zero-order chi connectivity index (χ0) is 12.3. The van der Waals surface area contributed by atoms with E-state index in [1.807, 2.05) is 6.07 Å². The Morgan fingerprint density at radius 1 is 1.47 bits per heavy atom. The van der Waals surface area contributed by atoms with E-state index >= 15 is 0 Å². The largest absolute Gasteiger partial charge is 0.380 e. The molecular formula is C13H17BrFNO. The van der Waals surface area contributed by atoms with Crippen molar-refractivity contribution < 1.29 is 9.13 Å². The summed E-state index contributed by atoms with van der Waals surface area (Å²) in [6.07, 6.45) is 2.59. The second-order valence-corrected chi connectivity index (χ2v) is 5.43. The van der Waals surface area contributed by atoms with Crippen LogP contribution in [0.25, 0.3) is 0 Å². The van der Waals surface area contributed by atoms with Crippen LogP contribution in [0, 0.1) is 5.82 Å². The third-order valence-corrected chi connectivity index (χ3v) is 3.58. The maximum absolute atomic E-state index is 13.3. The standard InChI is InChI=1S/C13H17BrFNO/c1-17-13-3-2-4-16(9-13)8-10-5-11(14)7-12(15)6-10/h5-7,13H,2-4,8-9H2,1H3. The van der Waals surface area contributed by atoms with Crippen LogP contribution in [0.1, 0.15) is 18.4 Å². The predicted molar refractivity (Wildman–Crippen MR) is 69.4 cm³/mol. The second-order valence-electron chi connectivity index (χ2n) is 4.51.